The predicted octanol–water partition coefficient (Wildman–Crippen LogP) is -0.982. The molecular formula is C8H18O5Ti. The van der Waals surface area contributed by atoms with Gasteiger partial charge in [-0.3, -0.25) is 0 Å². The SMILES string of the molecule is OCCOCCOCCOCCO.[Ti]. The van der Waals surface area contributed by atoms with Gasteiger partial charge in [0, 0.05) is 21.7 Å². The average molecular weight is 242 g/mol. The van der Waals surface area contributed by atoms with Crippen LogP contribution in [0.2, 0.25) is 0 Å². The molecule has 0 heterocycles. The molecule has 0 unspecified atom stereocenters. The first-order valence-electron chi connectivity index (χ1n) is 4.36. The van der Waals surface area contributed by atoms with Crippen LogP contribution in [0.4, 0.5) is 0 Å². The van der Waals surface area contributed by atoms with Crippen LogP contribution in [0.1, 0.15) is 0 Å². The van der Waals surface area contributed by atoms with Gasteiger partial charge in [0.05, 0.1) is 52.9 Å². The molecule has 0 spiro atoms. The molecule has 0 atom stereocenters. The topological polar surface area (TPSA) is 68.2 Å². The molecule has 0 bridgehead atoms. The van der Waals surface area contributed by atoms with Crippen molar-refractivity contribution >= 4 is 0 Å². The Morgan fingerprint density at radius 1 is 0.571 bits per heavy atom. The molecule has 0 rings (SSSR count). The van der Waals surface area contributed by atoms with Gasteiger partial charge in [-0.15, -0.1) is 0 Å². The Bertz CT molecular complexity index is 83.8. The van der Waals surface area contributed by atoms with E-state index in [0.717, 1.165) is 0 Å². The van der Waals surface area contributed by atoms with Crippen molar-refractivity contribution in [3.8, 4) is 0 Å². The molecule has 0 radical (unpaired) electrons. The van der Waals surface area contributed by atoms with Crippen molar-refractivity contribution in [2.75, 3.05) is 52.9 Å². The summed E-state index contributed by atoms with van der Waals surface area (Å²) in [4.78, 5) is 0. The van der Waals surface area contributed by atoms with E-state index in [4.69, 9.17) is 24.4 Å². The van der Waals surface area contributed by atoms with Crippen LogP contribution in [-0.4, -0.2) is 63.1 Å². The smallest absolute Gasteiger partial charge is 0.0701 e. The predicted molar refractivity (Wildman–Crippen MR) is 46.6 cm³/mol. The van der Waals surface area contributed by atoms with Gasteiger partial charge in [-0.25, -0.2) is 0 Å². The van der Waals surface area contributed by atoms with Crippen molar-refractivity contribution in [2.45, 2.75) is 0 Å². The maximum atomic E-state index is 8.36. The molecule has 0 aromatic rings. The van der Waals surface area contributed by atoms with E-state index in [9.17, 15) is 0 Å². The van der Waals surface area contributed by atoms with Crippen LogP contribution in [0.25, 0.3) is 0 Å². The van der Waals surface area contributed by atoms with Crippen molar-refractivity contribution < 1.29 is 46.1 Å². The number of ether oxygens (including phenoxy) is 3. The third kappa shape index (κ3) is 15.0. The molecule has 2 N–H and O–H groups in total. The fraction of sp³-hybridized carbons (Fsp3) is 1.00. The van der Waals surface area contributed by atoms with Gasteiger partial charge in [-0.05, 0) is 0 Å². The molecule has 0 aliphatic rings. The van der Waals surface area contributed by atoms with E-state index in [1.54, 1.807) is 0 Å². The molecule has 0 aromatic carbocycles. The monoisotopic (exact) mass is 242 g/mol. The molecule has 14 heavy (non-hydrogen) atoms. The van der Waals surface area contributed by atoms with Crippen LogP contribution in [0.5, 0.6) is 0 Å². The zero-order valence-corrected chi connectivity index (χ0v) is 9.84. The number of hydrogen-bond donors (Lipinski definition) is 2. The summed E-state index contributed by atoms with van der Waals surface area (Å²) in [6.45, 7) is 2.76. The molecule has 84 valence electrons. The van der Waals surface area contributed by atoms with E-state index in [1.165, 1.54) is 0 Å². The summed E-state index contributed by atoms with van der Waals surface area (Å²) in [5, 5.41) is 16.7. The van der Waals surface area contributed by atoms with E-state index in [0.29, 0.717) is 39.6 Å². The minimum absolute atomic E-state index is 0. The Labute approximate surface area is 99.2 Å². The molecule has 6 heteroatoms. The van der Waals surface area contributed by atoms with Crippen LogP contribution in [0.15, 0.2) is 0 Å². The normalized spacial score (nSPS) is 9.86. The van der Waals surface area contributed by atoms with Crippen LogP contribution >= 0.6 is 0 Å². The van der Waals surface area contributed by atoms with Gasteiger partial charge < -0.3 is 24.4 Å². The van der Waals surface area contributed by atoms with Crippen LogP contribution in [-0.2, 0) is 35.9 Å². The molecule has 0 saturated carbocycles. The van der Waals surface area contributed by atoms with E-state index in [1.807, 2.05) is 0 Å². The molecule has 5 nitrogen and oxygen atoms in total. The minimum atomic E-state index is 0. The summed E-state index contributed by atoms with van der Waals surface area (Å²) in [5.74, 6) is 0. The zero-order chi connectivity index (χ0) is 9.78. The second-order valence-electron chi connectivity index (χ2n) is 2.28. The third-order valence-corrected chi connectivity index (χ3v) is 1.22. The van der Waals surface area contributed by atoms with Gasteiger partial charge in [0.25, 0.3) is 0 Å². The molecule has 0 aliphatic carbocycles. The maximum Gasteiger partial charge on any atom is 0.0701 e. The summed E-state index contributed by atoms with van der Waals surface area (Å²) >= 11 is 0. The Morgan fingerprint density at radius 3 is 1.14 bits per heavy atom. The average Bonchev–Trinajstić information content (AvgIpc) is 2.16. The first kappa shape index (κ1) is 16.9. The van der Waals surface area contributed by atoms with Crippen LogP contribution in [0.3, 0.4) is 0 Å². The maximum absolute atomic E-state index is 8.36. The van der Waals surface area contributed by atoms with Gasteiger partial charge in [-0.2, -0.15) is 0 Å². The van der Waals surface area contributed by atoms with Gasteiger partial charge in [0.2, 0.25) is 0 Å². The Kier molecular flexibility index (Phi) is 19.3. The van der Waals surface area contributed by atoms with Crippen molar-refractivity contribution in [1.29, 1.82) is 0 Å². The number of hydrogen-bond acceptors (Lipinski definition) is 5. The zero-order valence-electron chi connectivity index (χ0n) is 8.28. The second kappa shape index (κ2) is 16.0. The summed E-state index contributed by atoms with van der Waals surface area (Å²) in [7, 11) is 0. The van der Waals surface area contributed by atoms with Crippen LogP contribution in [0, 0.1) is 0 Å². The molecule has 0 aromatic heterocycles. The van der Waals surface area contributed by atoms with E-state index in [-0.39, 0.29) is 34.9 Å². The van der Waals surface area contributed by atoms with Gasteiger partial charge in [0.1, 0.15) is 0 Å². The van der Waals surface area contributed by atoms with Crippen molar-refractivity contribution in [3.63, 3.8) is 0 Å². The van der Waals surface area contributed by atoms with Gasteiger partial charge >= 0.3 is 0 Å². The minimum Gasteiger partial charge on any atom is -0.394 e. The summed E-state index contributed by atoms with van der Waals surface area (Å²) in [5.41, 5.74) is 0. The van der Waals surface area contributed by atoms with Crippen molar-refractivity contribution in [2.24, 2.45) is 0 Å². The third-order valence-electron chi connectivity index (χ3n) is 1.22. The fourth-order valence-corrected chi connectivity index (χ4v) is 0.671. The number of aliphatic hydroxyl groups is 2. The summed E-state index contributed by atoms with van der Waals surface area (Å²) in [6, 6.07) is 0. The Morgan fingerprint density at radius 2 is 0.857 bits per heavy atom. The van der Waals surface area contributed by atoms with E-state index in [2.05, 4.69) is 0 Å². The fourth-order valence-electron chi connectivity index (χ4n) is 0.671. The van der Waals surface area contributed by atoms with Crippen molar-refractivity contribution in [1.82, 2.24) is 0 Å². The Balaban J connectivity index is 0. The molecule has 0 aliphatic heterocycles. The van der Waals surface area contributed by atoms with Gasteiger partial charge in [-0.1, -0.05) is 0 Å². The largest absolute Gasteiger partial charge is 0.394 e. The second-order valence-corrected chi connectivity index (χ2v) is 2.28. The van der Waals surface area contributed by atoms with Gasteiger partial charge in [0.15, 0.2) is 0 Å². The standard InChI is InChI=1S/C8H18O5.Ti/c9-1-3-11-5-7-13-8-6-12-4-2-10;/h9-10H,1-8H2;. The van der Waals surface area contributed by atoms with E-state index < -0.39 is 0 Å². The quantitative estimate of drug-likeness (QED) is 0.380. The molecule has 0 saturated heterocycles. The Hall–Kier alpha value is 0.514. The summed E-state index contributed by atoms with van der Waals surface area (Å²) in [6.07, 6.45) is 0. The summed E-state index contributed by atoms with van der Waals surface area (Å²) < 4.78 is 15.0. The first-order valence-corrected chi connectivity index (χ1v) is 4.36. The van der Waals surface area contributed by atoms with E-state index >= 15 is 0 Å². The molecular weight excluding hydrogens is 224 g/mol. The first-order chi connectivity index (χ1) is 6.41. The van der Waals surface area contributed by atoms with Crippen LogP contribution < -0.4 is 0 Å². The van der Waals surface area contributed by atoms with Crippen molar-refractivity contribution in [3.05, 3.63) is 0 Å². The molecule has 0 amide bonds. The number of aliphatic hydroxyl groups excluding tert-OH is 2. The number of rotatable bonds is 10. The molecule has 0 fully saturated rings.